The van der Waals surface area contributed by atoms with Gasteiger partial charge in [-0.05, 0) is 30.3 Å². The van der Waals surface area contributed by atoms with E-state index in [-0.39, 0.29) is 0 Å². The van der Waals surface area contributed by atoms with Crippen molar-refractivity contribution in [1.29, 1.82) is 0 Å². The molecule has 0 aliphatic carbocycles. The molecule has 5 rings (SSSR count). The maximum atomic E-state index is 6.20. The molecule has 0 bridgehead atoms. The van der Waals surface area contributed by atoms with Crippen LogP contribution >= 0.6 is 22.9 Å². The second kappa shape index (κ2) is 7.11. The molecule has 4 nitrogen and oxygen atoms in total. The van der Waals surface area contributed by atoms with Crippen LogP contribution in [-0.2, 0) is 0 Å². The maximum Gasteiger partial charge on any atom is 0.204 e. The largest absolute Gasteiger partial charge is 0.456 e. The normalized spacial score (nSPS) is 12.0. The van der Waals surface area contributed by atoms with Gasteiger partial charge in [-0.3, -0.25) is 5.43 Å². The van der Waals surface area contributed by atoms with Crippen molar-refractivity contribution < 1.29 is 4.42 Å². The van der Waals surface area contributed by atoms with Gasteiger partial charge in [-0.25, -0.2) is 4.98 Å². The highest BCUT2D eigenvalue weighted by Gasteiger charge is 2.07. The second-order valence-electron chi connectivity index (χ2n) is 6.21. The first-order chi connectivity index (χ1) is 13.8. The lowest BCUT2D eigenvalue weighted by Gasteiger charge is -2.05. The molecule has 0 fully saturated rings. The Morgan fingerprint density at radius 2 is 1.75 bits per heavy atom. The molecular formula is C22H14ClN3OS. The first-order valence-corrected chi connectivity index (χ1v) is 9.90. The average Bonchev–Trinajstić information content (AvgIpc) is 3.15. The van der Waals surface area contributed by atoms with E-state index >= 15 is 0 Å². The molecular weight excluding hydrogens is 390 g/mol. The van der Waals surface area contributed by atoms with Crippen LogP contribution in [0.25, 0.3) is 32.5 Å². The molecule has 3 aromatic carbocycles. The minimum Gasteiger partial charge on any atom is -0.456 e. The van der Waals surface area contributed by atoms with Crippen LogP contribution in [-0.4, -0.2) is 4.98 Å². The van der Waals surface area contributed by atoms with E-state index in [0.717, 1.165) is 43.0 Å². The first kappa shape index (κ1) is 17.0. The van der Waals surface area contributed by atoms with E-state index in [1.165, 1.54) is 0 Å². The summed E-state index contributed by atoms with van der Waals surface area (Å²) in [6, 6.07) is 25.4. The summed E-state index contributed by atoms with van der Waals surface area (Å²) in [7, 11) is 0. The van der Waals surface area contributed by atoms with Crippen molar-refractivity contribution in [2.24, 2.45) is 5.10 Å². The molecule has 2 aromatic heterocycles. The molecule has 28 heavy (non-hydrogen) atoms. The lowest BCUT2D eigenvalue weighted by Crippen LogP contribution is -2.07. The number of thiazole rings is 1. The summed E-state index contributed by atoms with van der Waals surface area (Å²) >= 11 is 7.76. The van der Waals surface area contributed by atoms with Gasteiger partial charge in [-0.2, -0.15) is 5.10 Å². The lowest BCUT2D eigenvalue weighted by atomic mass is 10.1. The molecule has 0 aliphatic heterocycles. The summed E-state index contributed by atoms with van der Waals surface area (Å²) in [5.41, 5.74) is 5.74. The van der Waals surface area contributed by atoms with Gasteiger partial charge in [0.2, 0.25) is 5.13 Å². The minimum atomic E-state index is 0.631. The van der Waals surface area contributed by atoms with Crippen LogP contribution in [0, 0.1) is 0 Å². The van der Waals surface area contributed by atoms with Crippen LogP contribution < -0.4 is 10.8 Å². The zero-order valence-corrected chi connectivity index (χ0v) is 16.2. The number of hydrogen-bond acceptors (Lipinski definition) is 5. The molecule has 0 saturated carbocycles. The number of para-hydroxylation sites is 1. The van der Waals surface area contributed by atoms with Gasteiger partial charge < -0.3 is 4.42 Å². The molecule has 2 heterocycles. The predicted molar refractivity (Wildman–Crippen MR) is 115 cm³/mol. The SMILES string of the molecule is Clc1ccc2oc(-c3ccccc3)c/c(=N\Nc3nc4ccccc4s3)c2c1. The van der Waals surface area contributed by atoms with Crippen LogP contribution in [0.1, 0.15) is 0 Å². The van der Waals surface area contributed by atoms with Crippen molar-refractivity contribution in [3.63, 3.8) is 0 Å². The van der Waals surface area contributed by atoms with E-state index in [0.29, 0.717) is 5.02 Å². The van der Waals surface area contributed by atoms with Gasteiger partial charge in [0.05, 0.1) is 15.6 Å². The standard InChI is InChI=1S/C22H14ClN3OS/c23-15-10-11-19-16(12-15)18(13-20(27-19)14-6-2-1-3-7-14)25-26-22-24-17-8-4-5-9-21(17)28-22/h1-13H,(H,24,26)/b25-18+. The number of rotatable bonds is 3. The fourth-order valence-corrected chi connectivity index (χ4v) is 3.99. The zero-order valence-electron chi connectivity index (χ0n) is 14.6. The van der Waals surface area contributed by atoms with Crippen LogP contribution in [0.2, 0.25) is 5.02 Å². The fraction of sp³-hybridized carbons (Fsp3) is 0. The number of benzene rings is 3. The minimum absolute atomic E-state index is 0.631. The Morgan fingerprint density at radius 1 is 0.929 bits per heavy atom. The third-order valence-electron chi connectivity index (χ3n) is 4.33. The number of nitrogens with zero attached hydrogens (tertiary/aromatic N) is 2. The van der Waals surface area contributed by atoms with Gasteiger partial charge in [-0.15, -0.1) is 0 Å². The summed E-state index contributed by atoms with van der Waals surface area (Å²) in [5.74, 6) is 0.736. The highest BCUT2D eigenvalue weighted by Crippen LogP contribution is 2.26. The van der Waals surface area contributed by atoms with Crippen molar-refractivity contribution >= 4 is 49.3 Å². The van der Waals surface area contributed by atoms with Crippen molar-refractivity contribution in [2.45, 2.75) is 0 Å². The Kier molecular flexibility index (Phi) is 4.31. The third-order valence-corrected chi connectivity index (χ3v) is 5.51. The smallest absolute Gasteiger partial charge is 0.204 e. The Morgan fingerprint density at radius 3 is 2.61 bits per heavy atom. The summed E-state index contributed by atoms with van der Waals surface area (Å²) in [6.07, 6.45) is 0. The molecule has 1 N–H and O–H groups in total. The van der Waals surface area contributed by atoms with Crippen molar-refractivity contribution in [1.82, 2.24) is 4.98 Å². The summed E-state index contributed by atoms with van der Waals surface area (Å²) in [4.78, 5) is 4.57. The highest BCUT2D eigenvalue weighted by molar-refractivity contribution is 7.22. The van der Waals surface area contributed by atoms with E-state index in [1.54, 1.807) is 11.3 Å². The second-order valence-corrected chi connectivity index (χ2v) is 7.68. The summed E-state index contributed by atoms with van der Waals surface area (Å²) < 4.78 is 7.20. The topological polar surface area (TPSA) is 50.4 Å². The van der Waals surface area contributed by atoms with Crippen LogP contribution in [0.5, 0.6) is 0 Å². The highest BCUT2D eigenvalue weighted by atomic mass is 35.5. The molecule has 0 amide bonds. The van der Waals surface area contributed by atoms with Gasteiger partial charge in [-0.1, -0.05) is 65.4 Å². The van der Waals surface area contributed by atoms with E-state index in [4.69, 9.17) is 16.0 Å². The Bertz CT molecular complexity index is 1330. The molecule has 0 atom stereocenters. The van der Waals surface area contributed by atoms with E-state index in [9.17, 15) is 0 Å². The molecule has 136 valence electrons. The van der Waals surface area contributed by atoms with Gasteiger partial charge in [0.15, 0.2) is 0 Å². The van der Waals surface area contributed by atoms with Crippen LogP contribution in [0.4, 0.5) is 5.13 Å². The molecule has 6 heteroatoms. The Hall–Kier alpha value is -3.15. The van der Waals surface area contributed by atoms with Crippen LogP contribution in [0.15, 0.2) is 88.4 Å². The van der Waals surface area contributed by atoms with Crippen molar-refractivity contribution in [2.75, 3.05) is 5.43 Å². The number of anilines is 1. The zero-order chi connectivity index (χ0) is 18.9. The molecule has 0 spiro atoms. The molecule has 0 saturated heterocycles. The fourth-order valence-electron chi connectivity index (χ4n) is 3.01. The maximum absolute atomic E-state index is 6.20. The summed E-state index contributed by atoms with van der Waals surface area (Å²) in [6.45, 7) is 0. The van der Waals surface area contributed by atoms with Gasteiger partial charge in [0.25, 0.3) is 0 Å². The predicted octanol–water partition coefficient (Wildman–Crippen LogP) is 6.29. The number of fused-ring (bicyclic) bond motifs is 2. The number of aromatic nitrogens is 1. The average molecular weight is 404 g/mol. The summed E-state index contributed by atoms with van der Waals surface area (Å²) in [5, 5.41) is 7.54. The van der Waals surface area contributed by atoms with E-state index < -0.39 is 0 Å². The third kappa shape index (κ3) is 3.26. The molecule has 0 unspecified atom stereocenters. The monoisotopic (exact) mass is 403 g/mol. The van der Waals surface area contributed by atoms with Gasteiger partial charge >= 0.3 is 0 Å². The number of halogens is 1. The van der Waals surface area contributed by atoms with Gasteiger partial charge in [0.1, 0.15) is 11.3 Å². The quantitative estimate of drug-likeness (QED) is 0.360. The van der Waals surface area contributed by atoms with E-state index in [2.05, 4.69) is 15.5 Å². The number of nitrogens with one attached hydrogen (secondary N) is 1. The van der Waals surface area contributed by atoms with Crippen molar-refractivity contribution in [3.05, 3.63) is 89.2 Å². The molecule has 0 aliphatic rings. The van der Waals surface area contributed by atoms with Crippen LogP contribution in [0.3, 0.4) is 0 Å². The Balaban J connectivity index is 1.65. The van der Waals surface area contributed by atoms with Crippen molar-refractivity contribution in [3.8, 4) is 11.3 Å². The molecule has 5 aromatic rings. The lowest BCUT2D eigenvalue weighted by molar-refractivity contribution is 0.618. The first-order valence-electron chi connectivity index (χ1n) is 8.70. The molecule has 0 radical (unpaired) electrons. The van der Waals surface area contributed by atoms with Gasteiger partial charge in [0, 0.05) is 22.0 Å². The number of hydrogen-bond donors (Lipinski definition) is 1. The van der Waals surface area contributed by atoms with E-state index in [1.807, 2.05) is 78.9 Å². The Labute approximate surface area is 169 Å².